The molecule has 18 heavy (non-hydrogen) atoms. The van der Waals surface area contributed by atoms with Crippen molar-refractivity contribution in [2.75, 3.05) is 0 Å². The number of nitrogens with zero attached hydrogens (tertiary/aromatic N) is 3. The molecular formula is C12H12N4O2. The largest absolute Gasteiger partial charge is 0.388 e. The van der Waals surface area contributed by atoms with E-state index in [1.54, 1.807) is 0 Å². The van der Waals surface area contributed by atoms with Gasteiger partial charge in [-0.3, -0.25) is 5.10 Å². The zero-order valence-corrected chi connectivity index (χ0v) is 9.84. The standard InChI is InChI=1S/C12H12N4O2/c1-2-7-4-3-5-8-10(7)14-12(18)16-11(8)13-9(6-17)15-16/h3-5,17H,2,6H2,1H3,(H,13,15). The fourth-order valence-electron chi connectivity index (χ4n) is 2.11. The minimum Gasteiger partial charge on any atom is -0.388 e. The van der Waals surface area contributed by atoms with Gasteiger partial charge in [-0.25, -0.2) is 9.78 Å². The van der Waals surface area contributed by atoms with Crippen LogP contribution in [0.25, 0.3) is 16.6 Å². The average Bonchev–Trinajstić information content (AvgIpc) is 2.83. The first-order valence-electron chi connectivity index (χ1n) is 5.74. The maximum absolute atomic E-state index is 11.9. The first-order valence-corrected chi connectivity index (χ1v) is 5.74. The lowest BCUT2D eigenvalue weighted by Crippen LogP contribution is -2.18. The van der Waals surface area contributed by atoms with Crippen LogP contribution >= 0.6 is 0 Å². The number of fused-ring (bicyclic) bond motifs is 3. The summed E-state index contributed by atoms with van der Waals surface area (Å²) in [5.41, 5.74) is 1.79. The predicted molar refractivity (Wildman–Crippen MR) is 66.4 cm³/mol. The zero-order valence-electron chi connectivity index (χ0n) is 9.84. The molecule has 2 aromatic heterocycles. The minimum absolute atomic E-state index is 0.240. The van der Waals surface area contributed by atoms with Gasteiger partial charge in [0.05, 0.1) is 5.52 Å². The van der Waals surface area contributed by atoms with Gasteiger partial charge in [0.25, 0.3) is 0 Å². The SMILES string of the molecule is CCc1cccc2c1nc(=O)n1[nH]c(CO)nc21. The predicted octanol–water partition coefficient (Wildman–Crippen LogP) is 0.625. The number of nitrogens with one attached hydrogen (secondary N) is 1. The molecule has 1 aromatic carbocycles. The molecule has 0 bridgehead atoms. The number of para-hydroxylation sites is 1. The van der Waals surface area contributed by atoms with Crippen LogP contribution in [-0.4, -0.2) is 24.7 Å². The van der Waals surface area contributed by atoms with Gasteiger partial charge in [-0.1, -0.05) is 19.1 Å². The Balaban J connectivity index is 2.53. The molecule has 2 N–H and O–H groups in total. The first kappa shape index (κ1) is 10.9. The van der Waals surface area contributed by atoms with E-state index in [4.69, 9.17) is 5.11 Å². The van der Waals surface area contributed by atoms with Crippen molar-refractivity contribution in [3.63, 3.8) is 0 Å². The maximum Gasteiger partial charge on any atom is 0.369 e. The number of H-pyrrole nitrogens is 1. The van der Waals surface area contributed by atoms with Gasteiger partial charge < -0.3 is 5.11 Å². The quantitative estimate of drug-likeness (QED) is 0.692. The lowest BCUT2D eigenvalue weighted by Gasteiger charge is -2.02. The Labute approximate surface area is 102 Å². The summed E-state index contributed by atoms with van der Waals surface area (Å²) in [4.78, 5) is 20.2. The number of hydrogen-bond acceptors (Lipinski definition) is 4. The summed E-state index contributed by atoms with van der Waals surface area (Å²) in [5, 5.41) is 12.6. The van der Waals surface area contributed by atoms with Crippen LogP contribution in [0.15, 0.2) is 23.0 Å². The highest BCUT2D eigenvalue weighted by Gasteiger charge is 2.11. The normalized spacial score (nSPS) is 11.4. The van der Waals surface area contributed by atoms with Crippen molar-refractivity contribution in [1.29, 1.82) is 0 Å². The van der Waals surface area contributed by atoms with Gasteiger partial charge in [0.15, 0.2) is 5.65 Å². The van der Waals surface area contributed by atoms with Gasteiger partial charge in [0.1, 0.15) is 12.4 Å². The fourth-order valence-corrected chi connectivity index (χ4v) is 2.11. The Morgan fingerprint density at radius 2 is 2.22 bits per heavy atom. The Hall–Kier alpha value is -2.21. The number of aliphatic hydroxyl groups excluding tert-OH is 1. The van der Waals surface area contributed by atoms with Crippen molar-refractivity contribution < 1.29 is 5.11 Å². The van der Waals surface area contributed by atoms with Gasteiger partial charge in [0, 0.05) is 5.39 Å². The third-order valence-electron chi connectivity index (χ3n) is 2.98. The Morgan fingerprint density at radius 3 is 2.94 bits per heavy atom. The fraction of sp³-hybridized carbons (Fsp3) is 0.250. The van der Waals surface area contributed by atoms with Crippen LogP contribution in [0.3, 0.4) is 0 Å². The number of aromatic amines is 1. The number of benzene rings is 1. The number of aryl methyl sites for hydroxylation is 1. The maximum atomic E-state index is 11.9. The smallest absolute Gasteiger partial charge is 0.369 e. The zero-order chi connectivity index (χ0) is 12.7. The molecule has 92 valence electrons. The lowest BCUT2D eigenvalue weighted by atomic mass is 10.1. The van der Waals surface area contributed by atoms with E-state index in [0.29, 0.717) is 17.0 Å². The van der Waals surface area contributed by atoms with Crippen LogP contribution in [0.2, 0.25) is 0 Å². The number of aromatic nitrogens is 4. The summed E-state index contributed by atoms with van der Waals surface area (Å²) >= 11 is 0. The van der Waals surface area contributed by atoms with Crippen molar-refractivity contribution in [2.24, 2.45) is 0 Å². The topological polar surface area (TPSA) is 83.3 Å². The van der Waals surface area contributed by atoms with E-state index in [-0.39, 0.29) is 6.61 Å². The molecule has 3 aromatic rings. The van der Waals surface area contributed by atoms with Gasteiger partial charge >= 0.3 is 5.69 Å². The van der Waals surface area contributed by atoms with E-state index in [2.05, 4.69) is 15.1 Å². The molecule has 6 heteroatoms. The van der Waals surface area contributed by atoms with Crippen LogP contribution in [0, 0.1) is 0 Å². The summed E-state index contributed by atoms with van der Waals surface area (Å²) < 4.78 is 1.26. The van der Waals surface area contributed by atoms with Gasteiger partial charge in [0.2, 0.25) is 0 Å². The van der Waals surface area contributed by atoms with Crippen molar-refractivity contribution in [3.05, 3.63) is 40.1 Å². The van der Waals surface area contributed by atoms with E-state index < -0.39 is 5.69 Å². The number of rotatable bonds is 2. The van der Waals surface area contributed by atoms with Crippen LogP contribution in [0.1, 0.15) is 18.3 Å². The third-order valence-corrected chi connectivity index (χ3v) is 2.98. The second-order valence-electron chi connectivity index (χ2n) is 4.05. The van der Waals surface area contributed by atoms with Gasteiger partial charge in [-0.2, -0.15) is 9.50 Å². The Morgan fingerprint density at radius 1 is 1.39 bits per heavy atom. The Bertz CT molecular complexity index is 788. The van der Waals surface area contributed by atoms with Crippen LogP contribution in [0.5, 0.6) is 0 Å². The highest BCUT2D eigenvalue weighted by atomic mass is 16.3. The number of hydrogen-bond donors (Lipinski definition) is 2. The average molecular weight is 244 g/mol. The van der Waals surface area contributed by atoms with Crippen LogP contribution < -0.4 is 5.69 Å². The van der Waals surface area contributed by atoms with Crippen LogP contribution in [0.4, 0.5) is 0 Å². The third kappa shape index (κ3) is 1.42. The molecule has 0 radical (unpaired) electrons. The lowest BCUT2D eigenvalue weighted by molar-refractivity contribution is 0.271. The van der Waals surface area contributed by atoms with E-state index >= 15 is 0 Å². The first-order chi connectivity index (χ1) is 8.74. The molecule has 0 unspecified atom stereocenters. The van der Waals surface area contributed by atoms with Gasteiger partial charge in [-0.15, -0.1) is 0 Å². The molecule has 0 aliphatic heterocycles. The molecule has 0 atom stereocenters. The molecular weight excluding hydrogens is 232 g/mol. The molecule has 0 fully saturated rings. The summed E-state index contributed by atoms with van der Waals surface area (Å²) in [6.45, 7) is 1.78. The molecule has 2 heterocycles. The molecule has 6 nitrogen and oxygen atoms in total. The van der Waals surface area contributed by atoms with E-state index in [0.717, 1.165) is 17.4 Å². The second kappa shape index (κ2) is 3.92. The van der Waals surface area contributed by atoms with E-state index in [1.807, 2.05) is 25.1 Å². The van der Waals surface area contributed by atoms with Crippen LogP contribution in [-0.2, 0) is 13.0 Å². The van der Waals surface area contributed by atoms with E-state index in [1.165, 1.54) is 4.52 Å². The molecule has 3 rings (SSSR count). The summed E-state index contributed by atoms with van der Waals surface area (Å²) in [5.74, 6) is 0.350. The molecule has 0 aliphatic rings. The summed E-state index contributed by atoms with van der Waals surface area (Å²) in [7, 11) is 0. The van der Waals surface area contributed by atoms with Crippen molar-refractivity contribution in [2.45, 2.75) is 20.0 Å². The summed E-state index contributed by atoms with van der Waals surface area (Å²) in [6, 6.07) is 5.74. The monoisotopic (exact) mass is 244 g/mol. The van der Waals surface area contributed by atoms with Gasteiger partial charge in [-0.05, 0) is 18.1 Å². The minimum atomic E-state index is -0.411. The molecule has 0 spiro atoms. The highest BCUT2D eigenvalue weighted by molar-refractivity contribution is 5.92. The van der Waals surface area contributed by atoms with Crippen molar-refractivity contribution >= 4 is 16.6 Å². The highest BCUT2D eigenvalue weighted by Crippen LogP contribution is 2.19. The molecule has 0 aliphatic carbocycles. The van der Waals surface area contributed by atoms with Crippen molar-refractivity contribution in [3.8, 4) is 0 Å². The Kier molecular flexibility index (Phi) is 2.38. The molecule has 0 saturated heterocycles. The van der Waals surface area contributed by atoms with Crippen molar-refractivity contribution in [1.82, 2.24) is 19.6 Å². The summed E-state index contributed by atoms with van der Waals surface area (Å²) in [6.07, 6.45) is 0.803. The second-order valence-corrected chi connectivity index (χ2v) is 4.05. The number of aliphatic hydroxyl groups is 1. The molecule has 0 saturated carbocycles. The molecule has 0 amide bonds. The van der Waals surface area contributed by atoms with E-state index in [9.17, 15) is 4.79 Å².